The summed E-state index contributed by atoms with van der Waals surface area (Å²) in [5, 5.41) is 40.3. The van der Waals surface area contributed by atoms with E-state index in [0.717, 1.165) is 62.3 Å². The number of amidine groups is 3. The maximum atomic E-state index is 14.9. The van der Waals surface area contributed by atoms with E-state index < -0.39 is 61.7 Å². The number of non-ortho nitro benzene ring substituents is 1. The monoisotopic (exact) mass is 2060 g/mol. The number of nitrogen functional groups attached to an aromatic ring is 1. The van der Waals surface area contributed by atoms with Crippen LogP contribution >= 0.6 is 47.5 Å². The number of amides is 3. The van der Waals surface area contributed by atoms with Gasteiger partial charge in [0.1, 0.15) is 46.1 Å². The molecule has 36 heteroatoms. The lowest BCUT2D eigenvalue weighted by molar-refractivity contribution is -0.385. The van der Waals surface area contributed by atoms with Crippen molar-refractivity contribution in [2.24, 2.45) is 62.0 Å². The number of hydrogen-bond acceptors (Lipinski definition) is 26. The van der Waals surface area contributed by atoms with E-state index in [4.69, 9.17) is 82.0 Å². The molecule has 0 unspecified atom stereocenters. The van der Waals surface area contributed by atoms with E-state index >= 15 is 0 Å². The van der Waals surface area contributed by atoms with Crippen LogP contribution in [0, 0.1) is 80.5 Å². The van der Waals surface area contributed by atoms with Crippen molar-refractivity contribution in [2.45, 2.75) is 247 Å². The summed E-state index contributed by atoms with van der Waals surface area (Å²) >= 11 is 9.87. The van der Waals surface area contributed by atoms with Crippen LogP contribution in [0.15, 0.2) is 179 Å². The molecule has 1 saturated heterocycles. The first-order valence-electron chi connectivity index (χ1n) is 49.3. The molecule has 6 saturated carbocycles. The van der Waals surface area contributed by atoms with Crippen LogP contribution < -0.4 is 33.2 Å². The fourth-order valence-corrected chi connectivity index (χ4v) is 26.0. The number of hydrogen-bond donors (Lipinski definition) is 8. The van der Waals surface area contributed by atoms with Crippen LogP contribution in [0.3, 0.4) is 0 Å². The van der Waals surface area contributed by atoms with E-state index in [0.29, 0.717) is 162 Å². The number of rotatable bonds is 24. The number of nitrogens with two attached hydrogens (primary N) is 3. The number of thioether (sulfide) groups is 3. The number of aliphatic hydroxyl groups is 2. The lowest BCUT2D eigenvalue weighted by Gasteiger charge is -2.36. The van der Waals surface area contributed by atoms with Crippen LogP contribution in [0.2, 0.25) is 0 Å². The molecule has 778 valence electrons. The molecule has 4 heterocycles. The normalized spacial score (nSPS) is 28.5. The number of nitrogens with one attached hydrogen (secondary N) is 3. The maximum absolute atomic E-state index is 14.9. The smallest absolute Gasteiger partial charge is 0.413 e. The van der Waals surface area contributed by atoms with Gasteiger partial charge >= 0.3 is 12.2 Å². The third-order valence-electron chi connectivity index (χ3n) is 28.3. The summed E-state index contributed by atoms with van der Waals surface area (Å²) in [6, 6.07) is 44.0. The molecule has 6 aliphatic carbocycles. The molecule has 7 aromatic carbocycles. The Kier molecular flexibility index (Phi) is 39.4. The molecule has 0 bridgehead atoms. The number of anilines is 1. The first kappa shape index (κ1) is 113. The predicted octanol–water partition coefficient (Wildman–Crippen LogP) is 20.0. The summed E-state index contributed by atoms with van der Waals surface area (Å²) in [5.74, 6) is 0.318. The van der Waals surface area contributed by atoms with Gasteiger partial charge in [-0.1, -0.05) is 138 Å². The number of nitro benzene ring substituents is 1. The van der Waals surface area contributed by atoms with Crippen molar-refractivity contribution < 1.29 is 98.5 Å². The lowest BCUT2D eigenvalue weighted by atomic mass is 9.69. The van der Waals surface area contributed by atoms with Gasteiger partial charge < -0.3 is 75.4 Å². The number of halogens is 6. The van der Waals surface area contributed by atoms with Gasteiger partial charge in [0.15, 0.2) is 15.5 Å². The summed E-state index contributed by atoms with van der Waals surface area (Å²) in [7, 11) is 0. The van der Waals surface area contributed by atoms with Gasteiger partial charge in [0.2, 0.25) is 0 Å². The molecular formula is C107H138F6N10O16S4. The first-order valence-corrected chi connectivity index (χ1v) is 52.7. The number of nitrogens with zero attached hydrogens (tertiary/aromatic N) is 4. The number of aliphatic imine (C=N–C) groups is 3. The second kappa shape index (κ2) is 50.1. The zero-order valence-electron chi connectivity index (χ0n) is 83.4. The maximum Gasteiger partial charge on any atom is 0.413 e. The zero-order chi connectivity index (χ0) is 103. The molecule has 7 fully saturated rings. The molecular weight excluding hydrogens is 1920 g/mol. The fraction of sp³-hybridized carbons (Fsp3) is 0.542. The first-order chi connectivity index (χ1) is 68.2. The van der Waals surface area contributed by atoms with E-state index in [1.807, 2.05) is 71.9 Å². The molecule has 17 rings (SSSR count). The number of alkyl carbamates (subject to hydrolysis) is 2. The minimum absolute atomic E-state index is 0.00300. The second-order valence-electron chi connectivity index (χ2n) is 39.8. The van der Waals surface area contributed by atoms with Gasteiger partial charge in [-0.3, -0.25) is 40.5 Å². The number of aliphatic hydroxyl groups excluding tert-OH is 2. The molecule has 0 spiro atoms. The number of thiocarbonyl (C=S) groups is 1. The average Bonchev–Trinajstić information content (AvgIpc) is 1.60. The van der Waals surface area contributed by atoms with Gasteiger partial charge in [0.25, 0.3) is 11.6 Å². The molecule has 7 aromatic rings. The van der Waals surface area contributed by atoms with Crippen molar-refractivity contribution >= 4 is 97.5 Å². The fourth-order valence-electron chi connectivity index (χ4n) is 22.4. The third-order valence-corrected chi connectivity index (χ3v) is 31.6. The number of benzene rings is 7. The van der Waals surface area contributed by atoms with Crippen LogP contribution in [-0.4, -0.2) is 185 Å². The number of nitro groups is 1. The van der Waals surface area contributed by atoms with E-state index in [1.165, 1.54) is 53.9 Å². The number of carbonyl (C=O) groups excluding carboxylic acids is 3. The Labute approximate surface area is 852 Å². The lowest BCUT2D eigenvalue weighted by Crippen LogP contribution is -2.43. The van der Waals surface area contributed by atoms with Gasteiger partial charge in [0, 0.05) is 176 Å². The second-order valence-corrected chi connectivity index (χ2v) is 43.3. The quantitative estimate of drug-likeness (QED) is 0.00916. The van der Waals surface area contributed by atoms with Gasteiger partial charge in [-0.25, -0.2) is 35.9 Å². The highest BCUT2D eigenvalue weighted by Crippen LogP contribution is 2.58. The van der Waals surface area contributed by atoms with Gasteiger partial charge in [-0.05, 0) is 224 Å². The van der Waals surface area contributed by atoms with E-state index in [1.54, 1.807) is 144 Å². The number of carbonyl (C=O) groups is 3. The Hall–Kier alpha value is -9.12. The van der Waals surface area contributed by atoms with Crippen LogP contribution in [0.5, 0.6) is 0 Å². The van der Waals surface area contributed by atoms with E-state index in [9.17, 15) is 61.1 Å². The summed E-state index contributed by atoms with van der Waals surface area (Å²) < 4.78 is 138. The molecule has 0 aromatic heterocycles. The van der Waals surface area contributed by atoms with Crippen molar-refractivity contribution in [3.05, 3.63) is 248 Å². The number of fused-ring (bicyclic) bond motifs is 4. The summed E-state index contributed by atoms with van der Waals surface area (Å²) in [5.41, 5.74) is 16.7. The molecule has 18 atom stereocenters. The Morgan fingerprint density at radius 3 is 1.33 bits per heavy atom. The Balaban J connectivity index is 0.000000155. The molecule has 143 heavy (non-hydrogen) atoms. The summed E-state index contributed by atoms with van der Waals surface area (Å²) in [6.07, 6.45) is 7.44. The molecule has 0 radical (unpaired) electrons. The predicted molar refractivity (Wildman–Crippen MR) is 551 cm³/mol. The van der Waals surface area contributed by atoms with E-state index in [-0.39, 0.29) is 138 Å². The van der Waals surface area contributed by atoms with Crippen molar-refractivity contribution in [2.75, 3.05) is 89.1 Å². The van der Waals surface area contributed by atoms with Crippen LogP contribution in [-0.2, 0) is 75.6 Å². The highest BCUT2D eigenvalue weighted by Gasteiger charge is 2.59. The van der Waals surface area contributed by atoms with Gasteiger partial charge in [-0.2, -0.15) is 0 Å². The van der Waals surface area contributed by atoms with Gasteiger partial charge in [0.05, 0.1) is 81.9 Å². The Bertz CT molecular complexity index is 5590. The molecule has 26 nitrogen and oxygen atoms in total. The third kappa shape index (κ3) is 27.3. The Morgan fingerprint density at radius 2 is 0.867 bits per heavy atom. The topological polar surface area (TPSA) is 369 Å². The van der Waals surface area contributed by atoms with Crippen LogP contribution in [0.1, 0.15) is 210 Å². The molecule has 11 N–H and O–H groups in total. The summed E-state index contributed by atoms with van der Waals surface area (Å²) in [4.78, 5) is 62.3. The van der Waals surface area contributed by atoms with Crippen LogP contribution in [0.25, 0.3) is 0 Å². The average molecular weight is 2060 g/mol. The zero-order valence-corrected chi connectivity index (χ0v) is 86.7. The number of ether oxygens (including phenoxy) is 9. The minimum Gasteiger partial charge on any atom is -0.444 e. The van der Waals surface area contributed by atoms with Crippen LogP contribution in [0.4, 0.5) is 47.3 Å². The van der Waals surface area contributed by atoms with E-state index in [2.05, 4.69) is 20.9 Å². The van der Waals surface area contributed by atoms with Crippen molar-refractivity contribution in [3.63, 3.8) is 0 Å². The van der Waals surface area contributed by atoms with Crippen molar-refractivity contribution in [1.82, 2.24) is 16.0 Å². The van der Waals surface area contributed by atoms with Crippen molar-refractivity contribution in [1.29, 1.82) is 0 Å². The molecule has 10 aliphatic rings. The summed E-state index contributed by atoms with van der Waals surface area (Å²) in [6.45, 7) is 27.2. The standard InChI is InChI=1S/C23H26FNO3S.C20H26FN3O5S.C20H28FN3O3S.C15H19FN2OS.C15H19FO2.C14H20FNO2/c1-2-28-18-12-17(15-26)23(13-18,19-10-6-7-11-20(19)24)14-21(29)25-22(27)16-8-4-3-5-9-16;1-5-28-14-8-12-11-30-17(22-18(25)29-19(2,3)4)23-20(12,10-14)15-9-13(24(26)27)6-7-16(15)21;1-5-26-14-8-12-11-28-17(23-18(25)27-19(2,3)4)24-20(12,10-14)15-9-13(22)6-7-16(15)21;1-2-19-11-7-10-9-20-14(17)18-15(10,8-11)12-5-3-4-6-13(12)16;1-2-18-12-7-11-9-17-10-15(11,8-12)13-5-3-4-6-14(13)16;1-2-18-11-7-10(9-17)14(16,8-11)12-5-3-4-6-13(12)15/h3-11,17-18,26H,2,12-15H2,1H3,(H,25,27,29);6-7,9,12,14H,5,8,10-11H2,1-4H3,(H,22,23,25);6-7,9,12,14H,5,8,10-11,22H2,1-4H3,(H,23,24,25);3-6,10-11H,2,7-9H2,1H3,(H2,17,18);3-6,11-12H,2,7-10H2,1H3;3-6,10-11,17H,2,7-9,16H2,1H3/t17-,18-,23-;2*12-,14-,20-;10-,11-,15-;11-,12-,15-;10-,11-,14-/m000000/s1. The van der Waals surface area contributed by atoms with Crippen molar-refractivity contribution in [3.8, 4) is 0 Å². The SMILES string of the molecule is CCO[C@H]1C[C@@H](CO)[C@](CC(=S)NC(=O)c2ccccc2)(c2ccccc2F)C1.CCO[C@H]1C[C@@H](CO)[C@](N)(c2ccccc2F)C1.CCO[C@H]1C[C@H]2COC[C@@]2(c2ccccc2F)C1.CCO[C@H]1C[C@H]2CSC(N)=N[C@@]2(c2ccccc2F)C1.CCO[C@H]1C[C@H]2CSC(NC(=O)OC(C)(C)C)=N[C@@]2(c2cc(N)ccc2F)C1.CCO[C@H]1C[C@H]2CSC(NC(=O)OC(C)(C)C)=N[C@@]2(c2cc([N+](=O)[O-])ccc2F)C1. The minimum atomic E-state index is -1.05. The molecule has 4 aliphatic heterocycles. The highest BCUT2D eigenvalue weighted by molar-refractivity contribution is 8.14. The highest BCUT2D eigenvalue weighted by atomic mass is 32.2. The largest absolute Gasteiger partial charge is 0.444 e. The Morgan fingerprint density at radius 1 is 0.476 bits per heavy atom. The molecule has 3 amide bonds. The van der Waals surface area contributed by atoms with Gasteiger partial charge in [-0.15, -0.1) is 0 Å².